The van der Waals surface area contributed by atoms with Crippen LogP contribution in [0.15, 0.2) is 30.5 Å². The summed E-state index contributed by atoms with van der Waals surface area (Å²) >= 11 is -2.09. The minimum Gasteiger partial charge on any atom is -0.771 e. The zero-order chi connectivity index (χ0) is 22.0. The van der Waals surface area contributed by atoms with Crippen molar-refractivity contribution in [2.24, 2.45) is 5.73 Å². The van der Waals surface area contributed by atoms with E-state index in [0.717, 1.165) is 37.3 Å². The molecule has 1 aliphatic heterocycles. The Labute approximate surface area is 183 Å². The normalized spacial score (nSPS) is 19.0. The van der Waals surface area contributed by atoms with Gasteiger partial charge in [-0.1, -0.05) is 0 Å². The van der Waals surface area contributed by atoms with Crippen LogP contribution >= 0.6 is 0 Å². The number of piperazine rings is 1. The number of benzene rings is 1. The summed E-state index contributed by atoms with van der Waals surface area (Å²) in [7, 11) is 0. The molecule has 1 aromatic heterocycles. The Balaban J connectivity index is 1.39. The van der Waals surface area contributed by atoms with Crippen molar-refractivity contribution in [3.63, 3.8) is 0 Å². The highest BCUT2D eigenvalue weighted by Crippen LogP contribution is 2.27. The highest BCUT2D eigenvalue weighted by molar-refractivity contribution is 7.79. The van der Waals surface area contributed by atoms with E-state index in [0.29, 0.717) is 30.9 Å². The number of nitrogens with one attached hydrogen (secondary N) is 2. The lowest BCUT2D eigenvalue weighted by atomic mass is 10.2. The lowest BCUT2D eigenvalue weighted by Crippen LogP contribution is -2.50. The summed E-state index contributed by atoms with van der Waals surface area (Å²) in [4.78, 5) is 24.4. The first-order valence-corrected chi connectivity index (χ1v) is 11.4. The van der Waals surface area contributed by atoms with Crippen molar-refractivity contribution >= 4 is 40.1 Å². The van der Waals surface area contributed by atoms with Crippen LogP contribution < -0.4 is 21.3 Å². The largest absolute Gasteiger partial charge is 0.771 e. The Morgan fingerprint density at radius 2 is 1.90 bits per heavy atom. The van der Waals surface area contributed by atoms with E-state index >= 15 is 0 Å². The molecule has 2 aliphatic rings. The van der Waals surface area contributed by atoms with Gasteiger partial charge < -0.3 is 25.8 Å². The van der Waals surface area contributed by atoms with Crippen LogP contribution in [0.3, 0.4) is 0 Å². The minimum absolute atomic E-state index is 0.280. The average Bonchev–Trinajstić information content (AvgIpc) is 3.58. The maximum absolute atomic E-state index is 11.6. The van der Waals surface area contributed by atoms with Crippen molar-refractivity contribution in [3.8, 4) is 0 Å². The number of nitrogens with zero attached hydrogens (tertiary/aromatic N) is 4. The van der Waals surface area contributed by atoms with E-state index in [9.17, 15) is 13.6 Å². The molecule has 1 aliphatic carbocycles. The SMILES string of the molecule is CC(N1CCN(c2ccc(Nc3ncc(C(N)=O)c(NC4CC4)n3)cc2)CC1)S(=O)[O-]. The lowest BCUT2D eigenvalue weighted by Gasteiger charge is -2.39. The first-order chi connectivity index (χ1) is 14.9. The fourth-order valence-corrected chi connectivity index (χ4v) is 3.96. The number of amides is 1. The molecule has 2 aromatic rings. The zero-order valence-electron chi connectivity index (χ0n) is 17.3. The number of hydrogen-bond donors (Lipinski definition) is 3. The van der Waals surface area contributed by atoms with E-state index in [4.69, 9.17) is 5.73 Å². The summed E-state index contributed by atoms with van der Waals surface area (Å²) < 4.78 is 22.3. The van der Waals surface area contributed by atoms with Crippen molar-refractivity contribution in [1.29, 1.82) is 0 Å². The fourth-order valence-electron chi connectivity index (χ4n) is 3.50. The van der Waals surface area contributed by atoms with E-state index in [2.05, 4.69) is 25.5 Å². The molecule has 1 amide bonds. The molecule has 0 spiro atoms. The molecule has 1 saturated carbocycles. The third kappa shape index (κ3) is 5.30. The van der Waals surface area contributed by atoms with E-state index in [-0.39, 0.29) is 5.56 Å². The number of nitrogens with two attached hydrogens (primary N) is 1. The zero-order valence-corrected chi connectivity index (χ0v) is 18.1. The van der Waals surface area contributed by atoms with Crippen LogP contribution in [0.1, 0.15) is 30.1 Å². The number of hydrogen-bond acceptors (Lipinski definition) is 9. The summed E-state index contributed by atoms with van der Waals surface area (Å²) in [6, 6.07) is 8.23. The van der Waals surface area contributed by atoms with Gasteiger partial charge in [-0.15, -0.1) is 0 Å². The monoisotopic (exact) mass is 444 g/mol. The van der Waals surface area contributed by atoms with Gasteiger partial charge in [0.1, 0.15) is 5.82 Å². The van der Waals surface area contributed by atoms with Gasteiger partial charge in [-0.25, -0.2) is 4.98 Å². The summed E-state index contributed by atoms with van der Waals surface area (Å²) in [6.45, 7) is 4.64. The molecule has 4 rings (SSSR count). The van der Waals surface area contributed by atoms with E-state index in [1.807, 2.05) is 29.2 Å². The maximum Gasteiger partial charge on any atom is 0.254 e. The number of anilines is 4. The number of carbonyl (C=O) groups excluding carboxylic acids is 1. The summed E-state index contributed by atoms with van der Waals surface area (Å²) in [6.07, 6.45) is 3.54. The van der Waals surface area contributed by atoms with Gasteiger partial charge in [-0.05, 0) is 55.1 Å². The molecule has 2 atom stereocenters. The molecule has 0 bridgehead atoms. The number of rotatable bonds is 8. The molecular weight excluding hydrogens is 418 g/mol. The van der Waals surface area contributed by atoms with Gasteiger partial charge in [-0.2, -0.15) is 4.98 Å². The smallest absolute Gasteiger partial charge is 0.254 e. The molecule has 0 radical (unpaired) electrons. The van der Waals surface area contributed by atoms with Gasteiger partial charge in [0, 0.05) is 49.8 Å². The Morgan fingerprint density at radius 3 is 2.48 bits per heavy atom. The molecule has 10 nitrogen and oxygen atoms in total. The van der Waals surface area contributed by atoms with Crippen molar-refractivity contribution in [2.45, 2.75) is 31.2 Å². The van der Waals surface area contributed by atoms with Gasteiger partial charge in [0.2, 0.25) is 5.95 Å². The minimum atomic E-state index is -2.09. The first-order valence-electron chi connectivity index (χ1n) is 10.3. The number of aromatic nitrogens is 2. The second-order valence-electron chi connectivity index (χ2n) is 7.79. The van der Waals surface area contributed by atoms with Crippen molar-refractivity contribution < 1.29 is 13.6 Å². The fraction of sp³-hybridized carbons (Fsp3) is 0.450. The molecule has 2 unspecified atom stereocenters. The summed E-state index contributed by atoms with van der Waals surface area (Å²) in [5.41, 5.74) is 7.60. The maximum atomic E-state index is 11.6. The summed E-state index contributed by atoms with van der Waals surface area (Å²) in [5, 5.41) is 5.92. The van der Waals surface area contributed by atoms with Gasteiger partial charge in [0.25, 0.3) is 5.91 Å². The lowest BCUT2D eigenvalue weighted by molar-refractivity contribution is 0.100. The Hall–Kier alpha value is -2.76. The second kappa shape index (κ2) is 9.16. The first kappa shape index (κ1) is 21.5. The highest BCUT2D eigenvalue weighted by atomic mass is 32.2. The highest BCUT2D eigenvalue weighted by Gasteiger charge is 2.24. The van der Waals surface area contributed by atoms with E-state index in [1.165, 1.54) is 6.20 Å². The molecule has 31 heavy (non-hydrogen) atoms. The van der Waals surface area contributed by atoms with Crippen LogP contribution in [-0.4, -0.2) is 67.1 Å². The van der Waals surface area contributed by atoms with Crippen molar-refractivity contribution in [3.05, 3.63) is 36.0 Å². The molecule has 1 aromatic carbocycles. The number of primary amides is 1. The van der Waals surface area contributed by atoms with Crippen LogP contribution in [0.25, 0.3) is 0 Å². The predicted octanol–water partition coefficient (Wildman–Crippen LogP) is 1.24. The van der Waals surface area contributed by atoms with Crippen LogP contribution in [0.2, 0.25) is 0 Å². The predicted molar refractivity (Wildman–Crippen MR) is 119 cm³/mol. The molecule has 11 heteroatoms. The third-order valence-corrected chi connectivity index (χ3v) is 6.42. The second-order valence-corrected chi connectivity index (χ2v) is 9.00. The Bertz CT molecular complexity index is 960. The molecule has 2 heterocycles. The van der Waals surface area contributed by atoms with E-state index in [1.54, 1.807) is 6.92 Å². The third-order valence-electron chi connectivity index (χ3n) is 5.57. The molecule has 4 N–H and O–H groups in total. The molecule has 1 saturated heterocycles. The quantitative estimate of drug-likeness (QED) is 0.513. The molecular formula is C20H26N7O3S-. The standard InChI is InChI=1S/C20H27N7O3S/c1-13(31(29)30)26-8-10-27(11-9-26)16-6-4-15(5-7-16)24-20-22-12-17(18(21)28)19(25-20)23-14-2-3-14/h4-7,12-14H,2-3,8-11H2,1H3,(H2,21,28)(H,29,30)(H2,22,23,24,25)/p-1. The van der Waals surface area contributed by atoms with Crippen molar-refractivity contribution in [2.75, 3.05) is 41.7 Å². The van der Waals surface area contributed by atoms with Crippen LogP contribution in [0.4, 0.5) is 23.1 Å². The Kier molecular flexibility index (Phi) is 6.35. The Morgan fingerprint density at radius 1 is 1.23 bits per heavy atom. The number of carbonyl (C=O) groups is 1. The molecule has 166 valence electrons. The topological polar surface area (TPSA) is 140 Å². The average molecular weight is 445 g/mol. The van der Waals surface area contributed by atoms with Gasteiger partial charge in [-0.3, -0.25) is 13.9 Å². The van der Waals surface area contributed by atoms with E-state index < -0.39 is 22.4 Å². The van der Waals surface area contributed by atoms with Gasteiger partial charge in [0.15, 0.2) is 0 Å². The summed E-state index contributed by atoms with van der Waals surface area (Å²) in [5.74, 6) is 0.277. The molecule has 2 fully saturated rings. The van der Waals surface area contributed by atoms with Crippen LogP contribution in [0.5, 0.6) is 0 Å². The van der Waals surface area contributed by atoms with Gasteiger partial charge >= 0.3 is 0 Å². The van der Waals surface area contributed by atoms with Crippen LogP contribution in [0, 0.1) is 0 Å². The van der Waals surface area contributed by atoms with Crippen molar-refractivity contribution in [1.82, 2.24) is 14.9 Å². The van der Waals surface area contributed by atoms with Gasteiger partial charge in [0.05, 0.1) is 10.9 Å². The van der Waals surface area contributed by atoms with Crippen LogP contribution in [-0.2, 0) is 11.1 Å².